The van der Waals surface area contributed by atoms with E-state index in [1.54, 1.807) is 36.4 Å². The number of aromatic nitrogens is 2. The summed E-state index contributed by atoms with van der Waals surface area (Å²) in [6.07, 6.45) is 0. The van der Waals surface area contributed by atoms with Crippen molar-refractivity contribution in [1.29, 1.82) is 0 Å². The Labute approximate surface area is 250 Å². The number of nitrogen functional groups attached to an aromatic ring is 2. The van der Waals surface area contributed by atoms with Gasteiger partial charge in [-0.2, -0.15) is 13.4 Å². The molecule has 0 aliphatic rings. The summed E-state index contributed by atoms with van der Waals surface area (Å²) >= 11 is 18.6. The fraction of sp³-hybridized carbons (Fsp3) is 0.115. The third-order valence-corrected chi connectivity index (χ3v) is 7.76. The van der Waals surface area contributed by atoms with Crippen LogP contribution in [0, 0.1) is 6.92 Å². The van der Waals surface area contributed by atoms with Gasteiger partial charge in [0.05, 0.1) is 20.8 Å². The SMILES string of the molecule is Cc1cc(NC(=O)NCc2ccc(OCc3nc(N)nc(N)c3-c3ccc(Cl)c(Cl)c3)c(Cl)c2)ccc1S(=O)(=O)F. The summed E-state index contributed by atoms with van der Waals surface area (Å²) in [6.45, 7) is 1.49. The number of nitrogens with one attached hydrogen (secondary N) is 2. The number of aryl methyl sites for hydroxylation is 1. The van der Waals surface area contributed by atoms with Gasteiger partial charge in [0, 0.05) is 17.8 Å². The van der Waals surface area contributed by atoms with E-state index in [1.165, 1.54) is 19.1 Å². The third kappa shape index (κ3) is 7.47. The molecule has 0 spiro atoms. The van der Waals surface area contributed by atoms with Crippen molar-refractivity contribution >= 4 is 68.5 Å². The molecule has 0 fully saturated rings. The number of ether oxygens (including phenoxy) is 1. The number of anilines is 3. The van der Waals surface area contributed by atoms with E-state index in [0.29, 0.717) is 43.9 Å². The first-order valence-electron chi connectivity index (χ1n) is 11.7. The summed E-state index contributed by atoms with van der Waals surface area (Å²) < 4.78 is 41.4. The number of benzene rings is 3. The maximum atomic E-state index is 13.3. The monoisotopic (exact) mass is 638 g/mol. The zero-order valence-electron chi connectivity index (χ0n) is 21.2. The Balaban J connectivity index is 1.41. The van der Waals surface area contributed by atoms with Gasteiger partial charge in [-0.05, 0) is 66.1 Å². The maximum absolute atomic E-state index is 13.3. The largest absolute Gasteiger partial charge is 0.486 e. The molecule has 1 aromatic heterocycles. The van der Waals surface area contributed by atoms with Gasteiger partial charge in [-0.1, -0.05) is 46.9 Å². The Hall–Kier alpha value is -3.84. The lowest BCUT2D eigenvalue weighted by Crippen LogP contribution is -2.28. The first-order valence-corrected chi connectivity index (χ1v) is 14.2. The average Bonchev–Trinajstić information content (AvgIpc) is 2.87. The lowest BCUT2D eigenvalue weighted by molar-refractivity contribution is 0.251. The molecule has 0 bridgehead atoms. The van der Waals surface area contributed by atoms with E-state index < -0.39 is 21.1 Å². The van der Waals surface area contributed by atoms with Crippen LogP contribution in [0.3, 0.4) is 0 Å². The molecule has 4 aromatic rings. The average molecular weight is 640 g/mol. The number of carbonyl (C=O) groups is 1. The molecule has 6 N–H and O–H groups in total. The highest BCUT2D eigenvalue weighted by Crippen LogP contribution is 2.34. The van der Waals surface area contributed by atoms with E-state index in [9.17, 15) is 17.1 Å². The molecule has 3 aromatic carbocycles. The zero-order valence-corrected chi connectivity index (χ0v) is 24.3. The first-order chi connectivity index (χ1) is 19.3. The van der Waals surface area contributed by atoms with Crippen molar-refractivity contribution in [2.24, 2.45) is 0 Å². The van der Waals surface area contributed by atoms with Crippen molar-refractivity contribution in [1.82, 2.24) is 15.3 Å². The topological polar surface area (TPSA) is 162 Å². The minimum Gasteiger partial charge on any atom is -0.486 e. The lowest BCUT2D eigenvalue weighted by atomic mass is 10.0. The van der Waals surface area contributed by atoms with Crippen LogP contribution in [-0.4, -0.2) is 24.4 Å². The minimum atomic E-state index is -4.85. The molecule has 15 heteroatoms. The van der Waals surface area contributed by atoms with E-state index in [0.717, 1.165) is 6.07 Å². The number of urea groups is 1. The van der Waals surface area contributed by atoms with Crippen LogP contribution in [0.25, 0.3) is 11.1 Å². The Morgan fingerprint density at radius 1 is 0.976 bits per heavy atom. The predicted molar refractivity (Wildman–Crippen MR) is 157 cm³/mol. The molecule has 0 radical (unpaired) electrons. The van der Waals surface area contributed by atoms with E-state index in [4.69, 9.17) is 51.0 Å². The van der Waals surface area contributed by atoms with E-state index in [2.05, 4.69) is 20.6 Å². The third-order valence-electron chi connectivity index (χ3n) is 5.75. The zero-order chi connectivity index (χ0) is 29.9. The Morgan fingerprint density at radius 3 is 2.39 bits per heavy atom. The van der Waals surface area contributed by atoms with Gasteiger partial charge in [0.1, 0.15) is 23.1 Å². The van der Waals surface area contributed by atoms with Gasteiger partial charge in [-0.3, -0.25) is 0 Å². The van der Waals surface area contributed by atoms with Gasteiger partial charge in [-0.15, -0.1) is 3.89 Å². The highest BCUT2D eigenvalue weighted by Gasteiger charge is 2.17. The minimum absolute atomic E-state index is 0.0331. The fourth-order valence-electron chi connectivity index (χ4n) is 3.89. The van der Waals surface area contributed by atoms with Crippen LogP contribution in [0.15, 0.2) is 59.5 Å². The van der Waals surface area contributed by atoms with Crippen molar-refractivity contribution < 1.29 is 21.8 Å². The van der Waals surface area contributed by atoms with Crippen molar-refractivity contribution in [3.8, 4) is 16.9 Å². The number of halogens is 4. The summed E-state index contributed by atoms with van der Waals surface area (Å²) in [5, 5.41) is 6.19. The number of nitrogens with two attached hydrogens (primary N) is 2. The van der Waals surface area contributed by atoms with Crippen LogP contribution >= 0.6 is 34.8 Å². The molecule has 1 heterocycles. The van der Waals surface area contributed by atoms with E-state index >= 15 is 0 Å². The highest BCUT2D eigenvalue weighted by atomic mass is 35.5. The predicted octanol–water partition coefficient (Wildman–Crippen LogP) is 6.14. The highest BCUT2D eigenvalue weighted by molar-refractivity contribution is 7.86. The number of rotatable bonds is 8. The van der Waals surface area contributed by atoms with Crippen molar-refractivity contribution in [3.05, 3.63) is 86.5 Å². The molecule has 41 heavy (non-hydrogen) atoms. The number of hydrogen-bond acceptors (Lipinski definition) is 8. The molecule has 0 unspecified atom stereocenters. The number of amides is 2. The van der Waals surface area contributed by atoms with Gasteiger partial charge in [0.15, 0.2) is 0 Å². The van der Waals surface area contributed by atoms with Gasteiger partial charge >= 0.3 is 16.3 Å². The molecular formula is C26H22Cl3FN6O4S. The van der Waals surface area contributed by atoms with E-state index in [1.807, 2.05) is 0 Å². The van der Waals surface area contributed by atoms with Crippen LogP contribution in [0.5, 0.6) is 5.75 Å². The van der Waals surface area contributed by atoms with Gasteiger partial charge in [-0.25, -0.2) is 9.78 Å². The standard InChI is InChI=1S/C26H22Cl3FN6O4S/c1-13-8-16(4-7-22(13)41(30,38)39)34-26(37)33-11-14-2-6-21(19(29)9-14)40-12-20-23(24(31)36-25(32)35-20)15-3-5-17(27)18(28)10-15/h2-10H,11-12H2,1H3,(H2,33,34,37)(H4,31,32,35,36). The summed E-state index contributed by atoms with van der Waals surface area (Å²) in [7, 11) is -4.85. The van der Waals surface area contributed by atoms with Crippen LogP contribution in [0.4, 0.5) is 26.1 Å². The quantitative estimate of drug-likeness (QED) is 0.167. The fourth-order valence-corrected chi connectivity index (χ4v) is 5.12. The second-order valence-electron chi connectivity index (χ2n) is 8.70. The summed E-state index contributed by atoms with van der Waals surface area (Å²) in [6, 6.07) is 13.1. The molecule has 214 valence electrons. The first kappa shape index (κ1) is 30.1. The normalized spacial score (nSPS) is 11.2. The molecule has 2 amide bonds. The number of nitrogens with zero attached hydrogens (tertiary/aromatic N) is 2. The van der Waals surface area contributed by atoms with Gasteiger partial charge in [0.25, 0.3) is 0 Å². The number of carbonyl (C=O) groups excluding carboxylic acids is 1. The molecule has 10 nitrogen and oxygen atoms in total. The second-order valence-corrected chi connectivity index (χ2v) is 11.2. The maximum Gasteiger partial charge on any atom is 0.332 e. The smallest absolute Gasteiger partial charge is 0.332 e. The summed E-state index contributed by atoms with van der Waals surface area (Å²) in [4.78, 5) is 20.2. The van der Waals surface area contributed by atoms with Crippen LogP contribution in [-0.2, 0) is 23.4 Å². The lowest BCUT2D eigenvalue weighted by Gasteiger charge is -2.15. The molecule has 0 aliphatic heterocycles. The molecule has 0 saturated carbocycles. The Kier molecular flexibility index (Phi) is 9.08. The molecule has 0 saturated heterocycles. The summed E-state index contributed by atoms with van der Waals surface area (Å²) in [5.74, 6) is 0.446. The van der Waals surface area contributed by atoms with Crippen LogP contribution in [0.2, 0.25) is 15.1 Å². The number of hydrogen-bond donors (Lipinski definition) is 4. The van der Waals surface area contributed by atoms with Crippen LogP contribution < -0.4 is 26.8 Å². The van der Waals surface area contributed by atoms with Crippen LogP contribution in [0.1, 0.15) is 16.8 Å². The second kappa shape index (κ2) is 12.4. The van der Waals surface area contributed by atoms with Crippen molar-refractivity contribution in [3.63, 3.8) is 0 Å². The van der Waals surface area contributed by atoms with Crippen molar-refractivity contribution in [2.75, 3.05) is 16.8 Å². The molecule has 4 rings (SSSR count). The van der Waals surface area contributed by atoms with E-state index in [-0.39, 0.29) is 35.5 Å². The Morgan fingerprint density at radius 2 is 1.73 bits per heavy atom. The van der Waals surface area contributed by atoms with Gasteiger partial charge < -0.3 is 26.8 Å². The Bertz CT molecular complexity index is 1760. The molecule has 0 aliphatic carbocycles. The molecular weight excluding hydrogens is 618 g/mol. The van der Waals surface area contributed by atoms with Crippen molar-refractivity contribution in [2.45, 2.75) is 25.0 Å². The van der Waals surface area contributed by atoms with Gasteiger partial charge in [0.2, 0.25) is 5.95 Å². The molecule has 0 atom stereocenters. The summed E-state index contributed by atoms with van der Waals surface area (Å²) in [5.41, 5.74) is 14.6.